The van der Waals surface area contributed by atoms with E-state index in [4.69, 9.17) is 4.74 Å². The molecule has 0 N–H and O–H groups in total. The van der Waals surface area contributed by atoms with Crippen LogP contribution in [0.4, 0.5) is 0 Å². The molecule has 0 aromatic rings. The summed E-state index contributed by atoms with van der Waals surface area (Å²) in [5.41, 5.74) is 0.594. The van der Waals surface area contributed by atoms with Crippen LogP contribution in [0, 0.1) is 23.2 Å². The summed E-state index contributed by atoms with van der Waals surface area (Å²) in [5, 5.41) is 0. The molecule has 0 spiro atoms. The van der Waals surface area contributed by atoms with Gasteiger partial charge in [0.05, 0.1) is 12.2 Å². The number of hydrogen-bond donors (Lipinski definition) is 0. The highest BCUT2D eigenvalue weighted by molar-refractivity contribution is 5.05. The first-order valence-corrected chi connectivity index (χ1v) is 6.08. The van der Waals surface area contributed by atoms with E-state index in [9.17, 15) is 0 Å². The van der Waals surface area contributed by atoms with Crippen molar-refractivity contribution in [1.29, 1.82) is 0 Å². The van der Waals surface area contributed by atoms with Gasteiger partial charge < -0.3 is 4.74 Å². The van der Waals surface area contributed by atoms with Crippen LogP contribution >= 0.6 is 0 Å². The van der Waals surface area contributed by atoms with Crippen molar-refractivity contribution in [3.05, 3.63) is 0 Å². The van der Waals surface area contributed by atoms with Gasteiger partial charge in [0.1, 0.15) is 0 Å². The lowest BCUT2D eigenvalue weighted by atomic mass is 9.45. The van der Waals surface area contributed by atoms with Gasteiger partial charge in [-0.3, -0.25) is 0 Å². The quantitative estimate of drug-likeness (QED) is 0.657. The van der Waals surface area contributed by atoms with Crippen LogP contribution in [0.25, 0.3) is 0 Å². The second-order valence-electron chi connectivity index (χ2n) is 6.18. The van der Waals surface area contributed by atoms with E-state index < -0.39 is 0 Å². The molecule has 0 saturated heterocycles. The summed E-state index contributed by atoms with van der Waals surface area (Å²) < 4.78 is 6.00. The second-order valence-corrected chi connectivity index (χ2v) is 6.18. The molecule has 3 saturated carbocycles. The van der Waals surface area contributed by atoms with Crippen LogP contribution in [0.15, 0.2) is 0 Å². The third-order valence-electron chi connectivity index (χ3n) is 4.73. The molecule has 1 heteroatoms. The molecule has 1 nitrogen and oxygen atoms in total. The summed E-state index contributed by atoms with van der Waals surface area (Å²) in [6.07, 6.45) is 3.67. The standard InChI is InChI=1S/C13H24O/c1-8(2)14-12-7-10-6-11(9(12)3)13(10,4)5/h8-12H,6-7H2,1-5H3/t9-,10-,11+,12-/m0/s1. The van der Waals surface area contributed by atoms with Crippen molar-refractivity contribution in [1.82, 2.24) is 0 Å². The van der Waals surface area contributed by atoms with Crippen molar-refractivity contribution < 1.29 is 4.74 Å². The fourth-order valence-electron chi connectivity index (χ4n) is 3.63. The molecule has 3 fully saturated rings. The van der Waals surface area contributed by atoms with Gasteiger partial charge in [-0.15, -0.1) is 0 Å². The number of hydrogen-bond acceptors (Lipinski definition) is 1. The van der Waals surface area contributed by atoms with Crippen LogP contribution in [0.2, 0.25) is 0 Å². The van der Waals surface area contributed by atoms with E-state index >= 15 is 0 Å². The van der Waals surface area contributed by atoms with Gasteiger partial charge in [-0.2, -0.15) is 0 Å². The van der Waals surface area contributed by atoms with E-state index in [2.05, 4.69) is 34.6 Å². The lowest BCUT2D eigenvalue weighted by Crippen LogP contribution is -2.57. The van der Waals surface area contributed by atoms with Gasteiger partial charge in [0.15, 0.2) is 0 Å². The van der Waals surface area contributed by atoms with Crippen LogP contribution < -0.4 is 0 Å². The minimum atomic E-state index is 0.392. The summed E-state index contributed by atoms with van der Waals surface area (Å²) in [4.78, 5) is 0. The van der Waals surface area contributed by atoms with Gasteiger partial charge >= 0.3 is 0 Å². The molecule has 0 aromatic heterocycles. The fourth-order valence-corrected chi connectivity index (χ4v) is 3.63. The summed E-state index contributed by atoms with van der Waals surface area (Å²) in [7, 11) is 0. The number of ether oxygens (including phenoxy) is 1. The first-order valence-electron chi connectivity index (χ1n) is 6.08. The van der Waals surface area contributed by atoms with Crippen LogP contribution in [0.3, 0.4) is 0 Å². The highest BCUT2D eigenvalue weighted by atomic mass is 16.5. The zero-order valence-electron chi connectivity index (χ0n) is 10.2. The Kier molecular flexibility index (Phi) is 2.42. The topological polar surface area (TPSA) is 9.23 Å². The minimum absolute atomic E-state index is 0.392. The average molecular weight is 196 g/mol. The molecular weight excluding hydrogens is 172 g/mol. The van der Waals surface area contributed by atoms with Crippen molar-refractivity contribution in [2.45, 2.75) is 59.7 Å². The minimum Gasteiger partial charge on any atom is -0.375 e. The molecule has 0 unspecified atom stereocenters. The van der Waals surface area contributed by atoms with Crippen LogP contribution in [-0.4, -0.2) is 12.2 Å². The van der Waals surface area contributed by atoms with Crippen molar-refractivity contribution in [2.75, 3.05) is 0 Å². The summed E-state index contributed by atoms with van der Waals surface area (Å²) in [6, 6.07) is 0. The van der Waals surface area contributed by atoms with E-state index in [0.717, 1.165) is 17.8 Å². The molecular formula is C13H24O. The van der Waals surface area contributed by atoms with Crippen LogP contribution in [0.1, 0.15) is 47.5 Å². The monoisotopic (exact) mass is 196 g/mol. The third kappa shape index (κ3) is 1.41. The maximum absolute atomic E-state index is 6.00. The largest absolute Gasteiger partial charge is 0.375 e. The predicted molar refractivity (Wildman–Crippen MR) is 59.2 cm³/mol. The molecule has 3 rings (SSSR count). The molecule has 2 bridgehead atoms. The Balaban J connectivity index is 2.01. The smallest absolute Gasteiger partial charge is 0.0609 e. The fraction of sp³-hybridized carbons (Fsp3) is 1.00. The van der Waals surface area contributed by atoms with Gasteiger partial charge in [0.25, 0.3) is 0 Å². The lowest BCUT2D eigenvalue weighted by molar-refractivity contribution is -0.181. The molecule has 82 valence electrons. The SMILES string of the molecule is CC(C)O[C@H]1C[C@@H]2C[C@H]([C@@H]1C)C2(C)C. The molecule has 3 aliphatic carbocycles. The van der Waals surface area contributed by atoms with E-state index in [0.29, 0.717) is 17.6 Å². The van der Waals surface area contributed by atoms with Gasteiger partial charge in [-0.05, 0) is 49.9 Å². The van der Waals surface area contributed by atoms with E-state index in [-0.39, 0.29) is 0 Å². The Morgan fingerprint density at radius 2 is 1.86 bits per heavy atom. The average Bonchev–Trinajstić information content (AvgIpc) is 2.06. The summed E-state index contributed by atoms with van der Waals surface area (Å²) in [6.45, 7) is 11.6. The molecule has 0 radical (unpaired) electrons. The van der Waals surface area contributed by atoms with Gasteiger partial charge in [0.2, 0.25) is 0 Å². The molecule has 0 amide bonds. The normalized spacial score (nSPS) is 45.0. The molecule has 4 atom stereocenters. The number of fused-ring (bicyclic) bond motifs is 2. The Morgan fingerprint density at radius 3 is 2.29 bits per heavy atom. The molecule has 14 heavy (non-hydrogen) atoms. The summed E-state index contributed by atoms with van der Waals surface area (Å²) in [5.74, 6) is 2.59. The first kappa shape index (κ1) is 10.5. The van der Waals surface area contributed by atoms with E-state index in [1.54, 1.807) is 0 Å². The Labute approximate surface area is 88.2 Å². The Bertz CT molecular complexity index is 219. The third-order valence-corrected chi connectivity index (χ3v) is 4.73. The van der Waals surface area contributed by atoms with E-state index in [1.165, 1.54) is 12.8 Å². The maximum Gasteiger partial charge on any atom is 0.0609 e. The van der Waals surface area contributed by atoms with Gasteiger partial charge in [0, 0.05) is 0 Å². The first-order chi connectivity index (χ1) is 6.43. The van der Waals surface area contributed by atoms with Gasteiger partial charge in [-0.1, -0.05) is 20.8 Å². The zero-order valence-corrected chi connectivity index (χ0v) is 10.2. The Hall–Kier alpha value is -0.0400. The lowest BCUT2D eigenvalue weighted by Gasteiger charge is -2.62. The van der Waals surface area contributed by atoms with Gasteiger partial charge in [-0.25, -0.2) is 0 Å². The van der Waals surface area contributed by atoms with E-state index in [1.807, 2.05) is 0 Å². The summed E-state index contributed by atoms with van der Waals surface area (Å²) >= 11 is 0. The second kappa shape index (κ2) is 3.23. The van der Waals surface area contributed by atoms with Crippen molar-refractivity contribution >= 4 is 0 Å². The van der Waals surface area contributed by atoms with Crippen molar-refractivity contribution in [3.63, 3.8) is 0 Å². The molecule has 0 heterocycles. The highest BCUT2D eigenvalue weighted by Gasteiger charge is 2.56. The highest BCUT2D eigenvalue weighted by Crippen LogP contribution is 2.61. The maximum atomic E-state index is 6.00. The predicted octanol–water partition coefficient (Wildman–Crippen LogP) is 3.48. The molecule has 0 aromatic carbocycles. The molecule has 0 aliphatic heterocycles. The zero-order chi connectivity index (χ0) is 10.5. The van der Waals surface area contributed by atoms with Crippen molar-refractivity contribution in [3.8, 4) is 0 Å². The number of rotatable bonds is 2. The molecule has 3 aliphatic rings. The van der Waals surface area contributed by atoms with Crippen LogP contribution in [-0.2, 0) is 4.74 Å². The Morgan fingerprint density at radius 1 is 1.21 bits per heavy atom. The van der Waals surface area contributed by atoms with Crippen molar-refractivity contribution in [2.24, 2.45) is 23.2 Å². The van der Waals surface area contributed by atoms with Crippen LogP contribution in [0.5, 0.6) is 0 Å².